The molecule has 132 valence electrons. The molecule has 0 saturated carbocycles. The molecule has 2 aromatic rings. The van der Waals surface area contributed by atoms with Crippen LogP contribution in [0.25, 0.3) is 0 Å². The SMILES string of the molecule is CCC(C)c1ccc(C(=O)Nc2cccc(NC(=O)O)c2)cc1OC. The normalized spacial score (nSPS) is 11.5. The van der Waals surface area contributed by atoms with Crippen molar-refractivity contribution in [2.45, 2.75) is 26.2 Å². The highest BCUT2D eigenvalue weighted by atomic mass is 16.5. The predicted octanol–water partition coefficient (Wildman–Crippen LogP) is 4.55. The number of carboxylic acid groups (broad SMARTS) is 1. The van der Waals surface area contributed by atoms with Crippen LogP contribution in [0, 0.1) is 0 Å². The summed E-state index contributed by atoms with van der Waals surface area (Å²) >= 11 is 0. The minimum atomic E-state index is -1.16. The fraction of sp³-hybridized carbons (Fsp3) is 0.263. The molecule has 0 spiro atoms. The summed E-state index contributed by atoms with van der Waals surface area (Å²) in [6, 6.07) is 11.9. The molecule has 2 aromatic carbocycles. The van der Waals surface area contributed by atoms with Gasteiger partial charge in [-0.25, -0.2) is 4.79 Å². The molecule has 0 heterocycles. The first-order valence-electron chi connectivity index (χ1n) is 8.04. The van der Waals surface area contributed by atoms with Crippen molar-refractivity contribution in [2.75, 3.05) is 17.7 Å². The molecular formula is C19H22N2O4. The van der Waals surface area contributed by atoms with Gasteiger partial charge < -0.3 is 15.2 Å². The molecule has 0 bridgehead atoms. The number of nitrogens with one attached hydrogen (secondary N) is 2. The van der Waals surface area contributed by atoms with Gasteiger partial charge in [0.2, 0.25) is 0 Å². The van der Waals surface area contributed by atoms with E-state index in [-0.39, 0.29) is 5.91 Å². The second-order valence-corrected chi connectivity index (χ2v) is 5.73. The Bertz CT molecular complexity index is 774. The molecule has 2 amide bonds. The Kier molecular flexibility index (Phi) is 6.00. The molecule has 3 N–H and O–H groups in total. The average molecular weight is 342 g/mol. The van der Waals surface area contributed by atoms with Gasteiger partial charge in [0.15, 0.2) is 0 Å². The Balaban J connectivity index is 2.19. The lowest BCUT2D eigenvalue weighted by Crippen LogP contribution is -2.13. The molecule has 0 aliphatic carbocycles. The summed E-state index contributed by atoms with van der Waals surface area (Å²) in [6.45, 7) is 4.21. The molecule has 0 saturated heterocycles. The Morgan fingerprint density at radius 1 is 1.12 bits per heavy atom. The van der Waals surface area contributed by atoms with Gasteiger partial charge in [-0.05, 0) is 48.2 Å². The van der Waals surface area contributed by atoms with E-state index < -0.39 is 6.09 Å². The highest BCUT2D eigenvalue weighted by Gasteiger charge is 2.14. The van der Waals surface area contributed by atoms with Gasteiger partial charge in [-0.15, -0.1) is 0 Å². The highest BCUT2D eigenvalue weighted by Crippen LogP contribution is 2.29. The first kappa shape index (κ1) is 18.3. The fourth-order valence-corrected chi connectivity index (χ4v) is 2.48. The fourth-order valence-electron chi connectivity index (χ4n) is 2.48. The van der Waals surface area contributed by atoms with Crippen molar-refractivity contribution >= 4 is 23.4 Å². The third kappa shape index (κ3) is 4.73. The van der Waals surface area contributed by atoms with E-state index >= 15 is 0 Å². The number of hydrogen-bond donors (Lipinski definition) is 3. The van der Waals surface area contributed by atoms with Crippen LogP contribution in [0.2, 0.25) is 0 Å². The van der Waals surface area contributed by atoms with Gasteiger partial charge in [-0.2, -0.15) is 0 Å². The predicted molar refractivity (Wildman–Crippen MR) is 97.7 cm³/mol. The van der Waals surface area contributed by atoms with Gasteiger partial charge in [0.05, 0.1) is 7.11 Å². The number of anilines is 2. The van der Waals surface area contributed by atoms with Crippen LogP contribution in [0.5, 0.6) is 5.75 Å². The Hall–Kier alpha value is -3.02. The van der Waals surface area contributed by atoms with Crippen LogP contribution < -0.4 is 15.4 Å². The summed E-state index contributed by atoms with van der Waals surface area (Å²) < 4.78 is 5.42. The van der Waals surface area contributed by atoms with Crippen LogP contribution in [-0.4, -0.2) is 24.2 Å². The lowest BCUT2D eigenvalue weighted by atomic mass is 9.96. The number of rotatable bonds is 6. The van der Waals surface area contributed by atoms with E-state index in [1.165, 1.54) is 0 Å². The third-order valence-corrected chi connectivity index (χ3v) is 4.01. The lowest BCUT2D eigenvalue weighted by molar-refractivity contribution is 0.102. The van der Waals surface area contributed by atoms with E-state index in [4.69, 9.17) is 9.84 Å². The van der Waals surface area contributed by atoms with Crippen molar-refractivity contribution in [1.29, 1.82) is 0 Å². The summed E-state index contributed by atoms with van der Waals surface area (Å²) in [5, 5.41) is 13.8. The molecule has 1 atom stereocenters. The maximum Gasteiger partial charge on any atom is 0.409 e. The van der Waals surface area contributed by atoms with Gasteiger partial charge in [-0.3, -0.25) is 10.1 Å². The Morgan fingerprint density at radius 3 is 2.40 bits per heavy atom. The molecule has 0 fully saturated rings. The van der Waals surface area contributed by atoms with Crippen LogP contribution in [0.4, 0.5) is 16.2 Å². The number of methoxy groups -OCH3 is 1. The van der Waals surface area contributed by atoms with Crippen molar-refractivity contribution in [3.05, 3.63) is 53.6 Å². The second-order valence-electron chi connectivity index (χ2n) is 5.73. The topological polar surface area (TPSA) is 87.7 Å². The van der Waals surface area contributed by atoms with Gasteiger partial charge in [-0.1, -0.05) is 26.0 Å². The maximum atomic E-state index is 12.5. The minimum Gasteiger partial charge on any atom is -0.496 e. The number of hydrogen-bond acceptors (Lipinski definition) is 3. The summed E-state index contributed by atoms with van der Waals surface area (Å²) in [6.07, 6.45) is -0.181. The second kappa shape index (κ2) is 8.19. The summed E-state index contributed by atoms with van der Waals surface area (Å²) in [4.78, 5) is 23.2. The van der Waals surface area contributed by atoms with E-state index in [1.54, 1.807) is 43.5 Å². The molecule has 0 radical (unpaired) electrons. The summed E-state index contributed by atoms with van der Waals surface area (Å²) in [5.41, 5.74) is 2.42. The molecule has 0 aliphatic rings. The average Bonchev–Trinajstić information content (AvgIpc) is 2.60. The van der Waals surface area contributed by atoms with Crippen molar-refractivity contribution in [2.24, 2.45) is 0 Å². The van der Waals surface area contributed by atoms with E-state index in [0.717, 1.165) is 12.0 Å². The quantitative estimate of drug-likeness (QED) is 0.718. The minimum absolute atomic E-state index is 0.290. The summed E-state index contributed by atoms with van der Waals surface area (Å²) in [7, 11) is 1.59. The molecule has 0 aliphatic heterocycles. The zero-order valence-corrected chi connectivity index (χ0v) is 14.5. The third-order valence-electron chi connectivity index (χ3n) is 4.01. The van der Waals surface area contributed by atoms with Crippen molar-refractivity contribution < 1.29 is 19.4 Å². The van der Waals surface area contributed by atoms with Crippen molar-refractivity contribution in [3.8, 4) is 5.75 Å². The number of carbonyl (C=O) groups excluding carboxylic acids is 1. The van der Waals surface area contributed by atoms with Gasteiger partial charge in [0.1, 0.15) is 5.75 Å². The number of ether oxygens (including phenoxy) is 1. The smallest absolute Gasteiger partial charge is 0.409 e. The first-order chi connectivity index (χ1) is 11.9. The molecule has 2 rings (SSSR count). The van der Waals surface area contributed by atoms with E-state index in [2.05, 4.69) is 24.5 Å². The standard InChI is InChI=1S/C19H22N2O4/c1-4-12(2)16-9-8-13(10-17(16)25-3)18(22)20-14-6-5-7-15(11-14)21-19(23)24/h5-12,21H,4H2,1-3H3,(H,20,22)(H,23,24). The van der Waals surface area contributed by atoms with Gasteiger partial charge in [0, 0.05) is 16.9 Å². The Morgan fingerprint density at radius 2 is 1.80 bits per heavy atom. The van der Waals surface area contributed by atoms with Gasteiger partial charge in [0.25, 0.3) is 5.91 Å². The number of benzene rings is 2. The monoisotopic (exact) mass is 342 g/mol. The van der Waals surface area contributed by atoms with Crippen LogP contribution in [-0.2, 0) is 0 Å². The molecule has 6 nitrogen and oxygen atoms in total. The molecule has 25 heavy (non-hydrogen) atoms. The van der Waals surface area contributed by atoms with E-state index in [9.17, 15) is 9.59 Å². The maximum absolute atomic E-state index is 12.5. The molecule has 1 unspecified atom stereocenters. The molecule has 0 aromatic heterocycles. The lowest BCUT2D eigenvalue weighted by Gasteiger charge is -2.15. The van der Waals surface area contributed by atoms with Crippen LogP contribution >= 0.6 is 0 Å². The summed E-state index contributed by atoms with van der Waals surface area (Å²) in [5.74, 6) is 0.732. The van der Waals surface area contributed by atoms with Crippen LogP contribution in [0.15, 0.2) is 42.5 Å². The van der Waals surface area contributed by atoms with E-state index in [0.29, 0.717) is 28.6 Å². The molecule has 6 heteroatoms. The first-order valence-corrected chi connectivity index (χ1v) is 8.04. The zero-order valence-electron chi connectivity index (χ0n) is 14.5. The van der Waals surface area contributed by atoms with E-state index in [1.807, 2.05) is 6.07 Å². The van der Waals surface area contributed by atoms with Crippen molar-refractivity contribution in [3.63, 3.8) is 0 Å². The van der Waals surface area contributed by atoms with Crippen LogP contribution in [0.3, 0.4) is 0 Å². The van der Waals surface area contributed by atoms with Crippen molar-refractivity contribution in [1.82, 2.24) is 0 Å². The Labute approximate surface area is 146 Å². The number of carbonyl (C=O) groups is 2. The largest absolute Gasteiger partial charge is 0.496 e. The number of amides is 2. The zero-order chi connectivity index (χ0) is 18.4. The highest BCUT2D eigenvalue weighted by molar-refractivity contribution is 6.05. The van der Waals surface area contributed by atoms with Gasteiger partial charge >= 0.3 is 6.09 Å². The van der Waals surface area contributed by atoms with Crippen LogP contribution in [0.1, 0.15) is 42.1 Å². The molecular weight excluding hydrogens is 320 g/mol.